The molecule has 0 aliphatic rings. The first-order valence-electron chi connectivity index (χ1n) is 10.8. The Morgan fingerprint density at radius 2 is 1.88 bits per heavy atom. The van der Waals surface area contributed by atoms with Crippen molar-refractivity contribution < 1.29 is 18.7 Å². The van der Waals surface area contributed by atoms with E-state index in [2.05, 4.69) is 29.3 Å². The largest absolute Gasteiger partial charge is 0.494 e. The number of ether oxygens (including phenoxy) is 1. The van der Waals surface area contributed by atoms with E-state index < -0.39 is 11.7 Å². The molecule has 7 nitrogen and oxygen atoms in total. The van der Waals surface area contributed by atoms with E-state index in [0.29, 0.717) is 27.8 Å². The molecule has 3 aromatic carbocycles. The van der Waals surface area contributed by atoms with E-state index in [1.807, 2.05) is 13.1 Å². The van der Waals surface area contributed by atoms with E-state index in [1.54, 1.807) is 30.3 Å². The maximum Gasteiger partial charge on any atom is 0.250 e. The quantitative estimate of drug-likeness (QED) is 0.361. The van der Waals surface area contributed by atoms with Gasteiger partial charge in [0.2, 0.25) is 0 Å². The fraction of sp³-hybridized carbons (Fsp3) is 0.231. The number of carbonyl (C=O) groups is 2. The van der Waals surface area contributed by atoms with Crippen LogP contribution in [0.5, 0.6) is 5.75 Å². The molecule has 34 heavy (non-hydrogen) atoms. The minimum atomic E-state index is -0.599. The molecular weight excluding hydrogens is 435 g/mol. The van der Waals surface area contributed by atoms with Crippen LogP contribution in [0.4, 0.5) is 4.39 Å². The van der Waals surface area contributed by atoms with Crippen molar-refractivity contribution in [1.29, 1.82) is 0 Å². The van der Waals surface area contributed by atoms with Crippen LogP contribution in [0.3, 0.4) is 0 Å². The number of rotatable bonds is 7. The number of likely N-dealkylation sites (N-methyl/N-ethyl adjacent to an activating group) is 2. The number of halogens is 1. The third-order valence-corrected chi connectivity index (χ3v) is 5.43. The van der Waals surface area contributed by atoms with Crippen molar-refractivity contribution in [1.82, 2.24) is 15.2 Å². The minimum Gasteiger partial charge on any atom is -0.494 e. The first-order chi connectivity index (χ1) is 16.3. The number of nitrogens with one attached hydrogen (secondary N) is 2. The molecule has 0 saturated carbocycles. The van der Waals surface area contributed by atoms with Gasteiger partial charge in [-0.3, -0.25) is 9.59 Å². The van der Waals surface area contributed by atoms with Crippen molar-refractivity contribution >= 4 is 34.0 Å². The Labute approximate surface area is 197 Å². The predicted octanol–water partition coefficient (Wildman–Crippen LogP) is 3.81. The average molecular weight is 465 g/mol. The zero-order valence-electron chi connectivity index (χ0n) is 19.7. The Hall–Kier alpha value is -3.75. The van der Waals surface area contributed by atoms with Crippen LogP contribution in [-0.4, -0.2) is 63.4 Å². The smallest absolute Gasteiger partial charge is 0.250 e. The van der Waals surface area contributed by atoms with Gasteiger partial charge in [0.1, 0.15) is 6.29 Å². The lowest BCUT2D eigenvalue weighted by atomic mass is 9.98. The molecule has 0 radical (unpaired) electrons. The minimum absolute atomic E-state index is 0.137. The number of primary amides is 1. The highest BCUT2D eigenvalue weighted by molar-refractivity contribution is 6.16. The monoisotopic (exact) mass is 464 g/mol. The third-order valence-electron chi connectivity index (χ3n) is 5.43. The molecule has 4 rings (SSSR count). The molecule has 1 amide bonds. The van der Waals surface area contributed by atoms with Crippen molar-refractivity contribution in [2.24, 2.45) is 5.73 Å². The first-order valence-corrected chi connectivity index (χ1v) is 10.8. The van der Waals surface area contributed by atoms with Crippen molar-refractivity contribution in [3.05, 3.63) is 65.5 Å². The summed E-state index contributed by atoms with van der Waals surface area (Å²) in [6.45, 7) is 2.20. The Kier molecular flexibility index (Phi) is 7.99. The van der Waals surface area contributed by atoms with E-state index in [-0.39, 0.29) is 5.75 Å². The Morgan fingerprint density at radius 1 is 1.12 bits per heavy atom. The highest BCUT2D eigenvalue weighted by Gasteiger charge is 2.16. The fourth-order valence-corrected chi connectivity index (χ4v) is 3.63. The van der Waals surface area contributed by atoms with Crippen LogP contribution in [0.25, 0.3) is 32.9 Å². The van der Waals surface area contributed by atoms with Gasteiger partial charge in [-0.05, 0) is 74.7 Å². The second kappa shape index (κ2) is 10.9. The predicted molar refractivity (Wildman–Crippen MR) is 134 cm³/mol. The van der Waals surface area contributed by atoms with Gasteiger partial charge in [0.05, 0.1) is 18.2 Å². The molecule has 0 atom stereocenters. The molecule has 0 fully saturated rings. The number of hydrogen-bond acceptors (Lipinski definition) is 5. The number of aromatic amines is 1. The number of nitrogens with two attached hydrogens (primary N) is 1. The third kappa shape index (κ3) is 5.41. The molecule has 1 heterocycles. The summed E-state index contributed by atoms with van der Waals surface area (Å²) in [5.41, 5.74) is 8.96. The SMILES string of the molecule is CNCCN(C)C.COc1ccc(-c2cc(C(N)=O)c3[nH]c4ccc(C=O)cc4c3c2)cc1F. The number of H-pyrrole nitrogens is 1. The highest BCUT2D eigenvalue weighted by Crippen LogP contribution is 2.34. The highest BCUT2D eigenvalue weighted by atomic mass is 19.1. The summed E-state index contributed by atoms with van der Waals surface area (Å²) < 4.78 is 19.1. The number of carbonyl (C=O) groups excluding carboxylic acids is 2. The van der Waals surface area contributed by atoms with Gasteiger partial charge >= 0.3 is 0 Å². The summed E-state index contributed by atoms with van der Waals surface area (Å²) in [6.07, 6.45) is 0.760. The molecule has 0 bridgehead atoms. The van der Waals surface area contributed by atoms with Crippen molar-refractivity contribution in [2.45, 2.75) is 0 Å². The fourth-order valence-electron chi connectivity index (χ4n) is 3.63. The molecule has 0 saturated heterocycles. The Morgan fingerprint density at radius 3 is 2.44 bits per heavy atom. The number of benzene rings is 3. The van der Waals surface area contributed by atoms with Gasteiger partial charge in [0.25, 0.3) is 5.91 Å². The number of aromatic nitrogens is 1. The summed E-state index contributed by atoms with van der Waals surface area (Å²) in [4.78, 5) is 28.5. The lowest BCUT2D eigenvalue weighted by Gasteiger charge is -2.08. The van der Waals surface area contributed by atoms with E-state index in [1.165, 1.54) is 19.2 Å². The standard InChI is InChI=1S/C21H15FN2O3.C5H14N2/c1-27-19-5-3-12(9-17(19)22)13-7-15-14-6-11(10-25)2-4-18(14)24-20(15)16(8-13)21(23)26;1-6-4-5-7(2)3/h2-10,24H,1H3,(H2,23,26);6H,4-5H2,1-3H3. The van der Waals surface area contributed by atoms with Crippen LogP contribution in [0.15, 0.2) is 48.5 Å². The number of hydrogen-bond donors (Lipinski definition) is 3. The molecule has 4 aromatic rings. The number of nitrogens with zero attached hydrogens (tertiary/aromatic N) is 1. The Balaban J connectivity index is 0.000000406. The molecule has 0 spiro atoms. The normalized spacial score (nSPS) is 10.9. The molecule has 0 unspecified atom stereocenters. The number of amides is 1. The molecule has 0 aliphatic heterocycles. The van der Waals surface area contributed by atoms with Crippen molar-refractivity contribution in [3.8, 4) is 16.9 Å². The van der Waals surface area contributed by atoms with Crippen LogP contribution in [0.2, 0.25) is 0 Å². The summed E-state index contributed by atoms with van der Waals surface area (Å²) in [5.74, 6) is -0.964. The van der Waals surface area contributed by atoms with Gasteiger partial charge < -0.3 is 25.7 Å². The summed E-state index contributed by atoms with van der Waals surface area (Å²) in [6, 6.07) is 13.3. The van der Waals surface area contributed by atoms with E-state index >= 15 is 0 Å². The van der Waals surface area contributed by atoms with Gasteiger partial charge in [0, 0.05) is 34.9 Å². The maximum absolute atomic E-state index is 14.1. The summed E-state index contributed by atoms with van der Waals surface area (Å²) >= 11 is 0. The van der Waals surface area contributed by atoms with Crippen LogP contribution in [-0.2, 0) is 0 Å². The topological polar surface area (TPSA) is 100 Å². The molecule has 178 valence electrons. The second-order valence-corrected chi connectivity index (χ2v) is 8.11. The molecular formula is C26H29FN4O3. The molecule has 4 N–H and O–H groups in total. The molecule has 0 aliphatic carbocycles. The van der Waals surface area contributed by atoms with Crippen LogP contribution in [0.1, 0.15) is 20.7 Å². The van der Waals surface area contributed by atoms with Crippen molar-refractivity contribution in [2.75, 3.05) is 41.3 Å². The van der Waals surface area contributed by atoms with Gasteiger partial charge in [-0.1, -0.05) is 6.07 Å². The van der Waals surface area contributed by atoms with Crippen LogP contribution >= 0.6 is 0 Å². The first kappa shape index (κ1) is 24.9. The lowest BCUT2D eigenvalue weighted by Crippen LogP contribution is -2.23. The van der Waals surface area contributed by atoms with Crippen molar-refractivity contribution in [3.63, 3.8) is 0 Å². The van der Waals surface area contributed by atoms with E-state index in [4.69, 9.17) is 10.5 Å². The molecule has 1 aromatic heterocycles. The Bertz CT molecular complexity index is 1330. The van der Waals surface area contributed by atoms with E-state index in [9.17, 15) is 14.0 Å². The average Bonchev–Trinajstić information content (AvgIpc) is 3.20. The van der Waals surface area contributed by atoms with Gasteiger partial charge in [-0.25, -0.2) is 4.39 Å². The van der Waals surface area contributed by atoms with Crippen LogP contribution in [0, 0.1) is 5.82 Å². The van der Waals surface area contributed by atoms with Gasteiger partial charge in [-0.2, -0.15) is 0 Å². The number of methoxy groups -OCH3 is 1. The van der Waals surface area contributed by atoms with Gasteiger partial charge in [-0.15, -0.1) is 0 Å². The maximum atomic E-state index is 14.1. The zero-order valence-corrected chi connectivity index (χ0v) is 19.7. The summed E-state index contributed by atoms with van der Waals surface area (Å²) in [7, 11) is 7.49. The second-order valence-electron chi connectivity index (χ2n) is 8.11. The van der Waals surface area contributed by atoms with Gasteiger partial charge in [0.15, 0.2) is 11.6 Å². The lowest BCUT2D eigenvalue weighted by molar-refractivity contribution is 0.100. The molecule has 8 heteroatoms. The van der Waals surface area contributed by atoms with E-state index in [0.717, 1.165) is 35.7 Å². The summed E-state index contributed by atoms with van der Waals surface area (Å²) in [5, 5.41) is 4.58. The number of fused-ring (bicyclic) bond motifs is 3. The van der Waals surface area contributed by atoms with Crippen LogP contribution < -0.4 is 15.8 Å². The number of aldehydes is 1. The zero-order chi connectivity index (χ0) is 24.8.